The summed E-state index contributed by atoms with van der Waals surface area (Å²) in [4.78, 5) is 0. The van der Waals surface area contributed by atoms with Gasteiger partial charge in [0.1, 0.15) is 0 Å². The predicted molar refractivity (Wildman–Crippen MR) is 58.7 cm³/mol. The normalized spacial score (nSPS) is 32.1. The fourth-order valence-corrected chi connectivity index (χ4v) is 2.09. The van der Waals surface area contributed by atoms with Gasteiger partial charge in [-0.05, 0) is 31.6 Å². The molecule has 0 nitrogen and oxygen atoms in total. The Morgan fingerprint density at radius 3 is 2.42 bits per heavy atom. The van der Waals surface area contributed by atoms with Crippen molar-refractivity contribution in [2.75, 3.05) is 5.33 Å². The standard InChI is InChI=1S/C11H19Br/c1-9-3-5-11(6-4-9)7-10(2)8-12/h7,9,11H,3-6,8H2,1-2H3/b10-7-. The Bertz CT molecular complexity index is 152. The molecule has 0 aromatic rings. The third-order valence-electron chi connectivity index (χ3n) is 2.79. The topological polar surface area (TPSA) is 0 Å². The molecule has 0 aromatic heterocycles. The first-order valence-electron chi connectivity index (χ1n) is 4.95. The lowest BCUT2D eigenvalue weighted by Gasteiger charge is -2.24. The van der Waals surface area contributed by atoms with Crippen LogP contribution in [0.2, 0.25) is 0 Å². The van der Waals surface area contributed by atoms with E-state index in [-0.39, 0.29) is 0 Å². The molecule has 0 amide bonds. The second-order valence-corrected chi connectivity index (χ2v) is 4.73. The van der Waals surface area contributed by atoms with Crippen molar-refractivity contribution in [1.29, 1.82) is 0 Å². The maximum Gasteiger partial charge on any atom is 0.0239 e. The van der Waals surface area contributed by atoms with E-state index < -0.39 is 0 Å². The fraction of sp³-hybridized carbons (Fsp3) is 0.818. The Balaban J connectivity index is 2.35. The van der Waals surface area contributed by atoms with Crippen LogP contribution in [-0.4, -0.2) is 5.33 Å². The number of hydrogen-bond acceptors (Lipinski definition) is 0. The molecular formula is C11H19Br. The summed E-state index contributed by atoms with van der Waals surface area (Å²) in [6.07, 6.45) is 8.13. The zero-order chi connectivity index (χ0) is 8.97. The van der Waals surface area contributed by atoms with Gasteiger partial charge in [0.05, 0.1) is 0 Å². The highest BCUT2D eigenvalue weighted by molar-refractivity contribution is 9.09. The Morgan fingerprint density at radius 1 is 1.33 bits per heavy atom. The maximum absolute atomic E-state index is 3.49. The molecule has 0 radical (unpaired) electrons. The number of hydrogen-bond donors (Lipinski definition) is 0. The van der Waals surface area contributed by atoms with Crippen LogP contribution < -0.4 is 0 Å². The lowest BCUT2D eigenvalue weighted by atomic mass is 9.82. The molecule has 1 fully saturated rings. The quantitative estimate of drug-likeness (QED) is 0.494. The smallest absolute Gasteiger partial charge is 0.0239 e. The number of allylic oxidation sites excluding steroid dienone is 2. The summed E-state index contributed by atoms with van der Waals surface area (Å²) >= 11 is 3.49. The Labute approximate surface area is 84.6 Å². The van der Waals surface area contributed by atoms with Gasteiger partial charge in [0.2, 0.25) is 0 Å². The van der Waals surface area contributed by atoms with Crippen LogP contribution in [-0.2, 0) is 0 Å². The molecule has 0 aliphatic heterocycles. The van der Waals surface area contributed by atoms with Gasteiger partial charge >= 0.3 is 0 Å². The molecule has 1 heteroatoms. The van der Waals surface area contributed by atoms with Crippen molar-refractivity contribution in [2.24, 2.45) is 11.8 Å². The minimum Gasteiger partial charge on any atom is -0.0880 e. The maximum atomic E-state index is 3.49. The average molecular weight is 231 g/mol. The van der Waals surface area contributed by atoms with Crippen LogP contribution in [0.1, 0.15) is 39.5 Å². The molecule has 12 heavy (non-hydrogen) atoms. The molecule has 0 heterocycles. The summed E-state index contributed by atoms with van der Waals surface area (Å²) in [5, 5.41) is 1.04. The first-order valence-corrected chi connectivity index (χ1v) is 6.07. The van der Waals surface area contributed by atoms with E-state index >= 15 is 0 Å². The van der Waals surface area contributed by atoms with Crippen LogP contribution >= 0.6 is 15.9 Å². The van der Waals surface area contributed by atoms with Crippen LogP contribution in [0, 0.1) is 11.8 Å². The van der Waals surface area contributed by atoms with E-state index in [2.05, 4.69) is 35.9 Å². The van der Waals surface area contributed by atoms with Crippen molar-refractivity contribution < 1.29 is 0 Å². The number of halogens is 1. The van der Waals surface area contributed by atoms with Crippen LogP contribution in [0.25, 0.3) is 0 Å². The Kier molecular flexibility index (Phi) is 4.34. The van der Waals surface area contributed by atoms with Crippen molar-refractivity contribution in [2.45, 2.75) is 39.5 Å². The molecule has 0 spiro atoms. The first-order chi connectivity index (χ1) is 5.72. The second kappa shape index (κ2) is 5.06. The van der Waals surface area contributed by atoms with E-state index in [4.69, 9.17) is 0 Å². The Morgan fingerprint density at radius 2 is 1.92 bits per heavy atom. The van der Waals surface area contributed by atoms with Crippen LogP contribution in [0.4, 0.5) is 0 Å². The molecule has 1 rings (SSSR count). The molecule has 0 saturated heterocycles. The zero-order valence-corrected chi connectivity index (χ0v) is 9.73. The van der Waals surface area contributed by atoms with Crippen LogP contribution in [0.3, 0.4) is 0 Å². The molecule has 1 aliphatic rings. The van der Waals surface area contributed by atoms with Gasteiger partial charge in [0.25, 0.3) is 0 Å². The highest BCUT2D eigenvalue weighted by Gasteiger charge is 2.15. The summed E-state index contributed by atoms with van der Waals surface area (Å²) in [5.74, 6) is 1.85. The fourth-order valence-electron chi connectivity index (χ4n) is 1.90. The molecule has 0 aromatic carbocycles. The van der Waals surface area contributed by atoms with Crippen molar-refractivity contribution in [1.82, 2.24) is 0 Å². The molecule has 70 valence electrons. The van der Waals surface area contributed by atoms with Gasteiger partial charge in [0, 0.05) is 5.33 Å². The van der Waals surface area contributed by atoms with E-state index in [1.807, 2.05) is 0 Å². The van der Waals surface area contributed by atoms with Gasteiger partial charge in [-0.25, -0.2) is 0 Å². The summed E-state index contributed by atoms with van der Waals surface area (Å²) in [7, 11) is 0. The van der Waals surface area contributed by atoms with Gasteiger partial charge in [0.15, 0.2) is 0 Å². The SMILES string of the molecule is C/C(=C/C1CCC(C)CC1)CBr. The summed E-state index contributed by atoms with van der Waals surface area (Å²) in [6.45, 7) is 4.59. The molecular weight excluding hydrogens is 212 g/mol. The zero-order valence-electron chi connectivity index (χ0n) is 8.15. The van der Waals surface area contributed by atoms with Gasteiger partial charge in [-0.3, -0.25) is 0 Å². The summed E-state index contributed by atoms with van der Waals surface area (Å²) in [6, 6.07) is 0. The molecule has 1 saturated carbocycles. The van der Waals surface area contributed by atoms with E-state index in [9.17, 15) is 0 Å². The molecule has 1 aliphatic carbocycles. The lowest BCUT2D eigenvalue weighted by molar-refractivity contribution is 0.330. The van der Waals surface area contributed by atoms with Crippen molar-refractivity contribution >= 4 is 15.9 Å². The summed E-state index contributed by atoms with van der Waals surface area (Å²) < 4.78 is 0. The van der Waals surface area contributed by atoms with Crippen molar-refractivity contribution in [3.05, 3.63) is 11.6 Å². The van der Waals surface area contributed by atoms with E-state index in [1.165, 1.54) is 31.3 Å². The molecule has 0 N–H and O–H groups in total. The highest BCUT2D eigenvalue weighted by atomic mass is 79.9. The van der Waals surface area contributed by atoms with Gasteiger partial charge in [-0.2, -0.15) is 0 Å². The minimum absolute atomic E-state index is 0.874. The Hall–Kier alpha value is 0.220. The molecule has 0 bridgehead atoms. The van der Waals surface area contributed by atoms with Gasteiger partial charge in [-0.1, -0.05) is 47.3 Å². The second-order valence-electron chi connectivity index (χ2n) is 4.17. The van der Waals surface area contributed by atoms with E-state index in [0.29, 0.717) is 0 Å². The minimum atomic E-state index is 0.874. The van der Waals surface area contributed by atoms with Gasteiger partial charge < -0.3 is 0 Å². The molecule has 0 unspecified atom stereocenters. The van der Waals surface area contributed by atoms with Crippen LogP contribution in [0.5, 0.6) is 0 Å². The van der Waals surface area contributed by atoms with Crippen molar-refractivity contribution in [3.8, 4) is 0 Å². The predicted octanol–water partition coefficient (Wildman–Crippen LogP) is 4.15. The number of rotatable bonds is 2. The van der Waals surface area contributed by atoms with E-state index in [1.54, 1.807) is 0 Å². The average Bonchev–Trinajstić information content (AvgIpc) is 2.09. The first kappa shape index (κ1) is 10.3. The van der Waals surface area contributed by atoms with E-state index in [0.717, 1.165) is 17.2 Å². The largest absolute Gasteiger partial charge is 0.0880 e. The number of alkyl halides is 1. The molecule has 0 atom stereocenters. The van der Waals surface area contributed by atoms with Crippen LogP contribution in [0.15, 0.2) is 11.6 Å². The third kappa shape index (κ3) is 3.30. The summed E-state index contributed by atoms with van der Waals surface area (Å²) in [5.41, 5.74) is 1.49. The monoisotopic (exact) mass is 230 g/mol. The van der Waals surface area contributed by atoms with Gasteiger partial charge in [-0.15, -0.1) is 0 Å². The van der Waals surface area contributed by atoms with Crippen molar-refractivity contribution in [3.63, 3.8) is 0 Å². The third-order valence-corrected chi connectivity index (χ3v) is 3.68. The lowest BCUT2D eigenvalue weighted by Crippen LogP contribution is -2.10. The highest BCUT2D eigenvalue weighted by Crippen LogP contribution is 2.29.